The molecule has 0 saturated heterocycles. The van der Waals surface area contributed by atoms with Crippen molar-refractivity contribution in [1.82, 2.24) is 20.5 Å². The van der Waals surface area contributed by atoms with Gasteiger partial charge in [0.2, 0.25) is 0 Å². The number of thioether (sulfide) groups is 1. The van der Waals surface area contributed by atoms with Crippen LogP contribution in [0.25, 0.3) is 0 Å². The van der Waals surface area contributed by atoms with E-state index in [2.05, 4.69) is 32.6 Å². The molecule has 0 saturated carbocycles. The number of H-pyrrole nitrogens is 1. The lowest BCUT2D eigenvalue weighted by Gasteiger charge is -2.16. The van der Waals surface area contributed by atoms with E-state index in [1.54, 1.807) is 11.8 Å². The van der Waals surface area contributed by atoms with Crippen molar-refractivity contribution in [2.75, 3.05) is 12.8 Å². The maximum absolute atomic E-state index is 5.65. The first kappa shape index (κ1) is 14.9. The van der Waals surface area contributed by atoms with E-state index in [-0.39, 0.29) is 12.1 Å². The van der Waals surface area contributed by atoms with Crippen molar-refractivity contribution in [3.05, 3.63) is 36.2 Å². The molecule has 0 radical (unpaired) electrons. The summed E-state index contributed by atoms with van der Waals surface area (Å²) in [5.41, 5.74) is 1.23. The molecule has 2 aromatic rings. The number of hydrogen-bond donors (Lipinski definition) is 2. The van der Waals surface area contributed by atoms with Gasteiger partial charge in [0.15, 0.2) is 5.16 Å². The second-order valence-electron chi connectivity index (χ2n) is 4.68. The molecule has 0 aliphatic rings. The summed E-state index contributed by atoms with van der Waals surface area (Å²) in [6.07, 6.45) is 1.72. The minimum Gasteiger partial charge on any atom is -0.491 e. The molecule has 0 spiro atoms. The van der Waals surface area contributed by atoms with E-state index in [4.69, 9.17) is 4.74 Å². The lowest BCUT2D eigenvalue weighted by molar-refractivity contribution is 0.242. The molecule has 1 aromatic carbocycles. The molecule has 2 rings (SSSR count). The zero-order valence-electron chi connectivity index (χ0n) is 12.0. The Morgan fingerprint density at radius 1 is 1.30 bits per heavy atom. The highest BCUT2D eigenvalue weighted by atomic mass is 32.2. The second kappa shape index (κ2) is 7.31. The Labute approximate surface area is 123 Å². The Balaban J connectivity index is 1.96. The van der Waals surface area contributed by atoms with Crippen molar-refractivity contribution >= 4 is 11.8 Å². The zero-order valence-corrected chi connectivity index (χ0v) is 12.8. The number of aromatic nitrogens is 3. The molecule has 0 fully saturated rings. The van der Waals surface area contributed by atoms with Crippen LogP contribution in [0.3, 0.4) is 0 Å². The minimum absolute atomic E-state index is 0.197. The van der Waals surface area contributed by atoms with Gasteiger partial charge in [0.25, 0.3) is 0 Å². The van der Waals surface area contributed by atoms with Crippen molar-refractivity contribution in [2.45, 2.75) is 31.1 Å². The quantitative estimate of drug-likeness (QED) is 0.768. The normalized spacial score (nSPS) is 12.6. The van der Waals surface area contributed by atoms with Gasteiger partial charge in [0.1, 0.15) is 12.1 Å². The van der Waals surface area contributed by atoms with Gasteiger partial charge in [-0.1, -0.05) is 23.9 Å². The molecule has 1 atom stereocenters. The van der Waals surface area contributed by atoms with Crippen LogP contribution in [0.1, 0.15) is 25.5 Å². The molecule has 1 heterocycles. The summed E-state index contributed by atoms with van der Waals surface area (Å²) < 4.78 is 5.65. The first-order valence-corrected chi connectivity index (χ1v) is 7.59. The van der Waals surface area contributed by atoms with Crippen LogP contribution in [0, 0.1) is 0 Å². The maximum Gasteiger partial charge on any atom is 0.183 e. The van der Waals surface area contributed by atoms with E-state index < -0.39 is 0 Å². The summed E-state index contributed by atoms with van der Waals surface area (Å²) in [6.45, 7) is 4.05. The molecular weight excluding hydrogens is 272 g/mol. The molecule has 1 unspecified atom stereocenters. The Morgan fingerprint density at radius 2 is 2.05 bits per heavy atom. The molecule has 0 amide bonds. The van der Waals surface area contributed by atoms with Gasteiger partial charge in [0, 0.05) is 11.8 Å². The van der Waals surface area contributed by atoms with Gasteiger partial charge < -0.3 is 10.1 Å². The maximum atomic E-state index is 5.65. The average Bonchev–Trinajstić information content (AvgIpc) is 2.94. The predicted octanol–water partition coefficient (Wildman–Crippen LogP) is 2.64. The van der Waals surface area contributed by atoms with E-state index in [1.165, 1.54) is 11.9 Å². The van der Waals surface area contributed by atoms with Gasteiger partial charge in [-0.05, 0) is 38.6 Å². The van der Waals surface area contributed by atoms with Gasteiger partial charge in [-0.15, -0.1) is 0 Å². The molecule has 2 N–H and O–H groups in total. The first-order chi connectivity index (χ1) is 9.69. The second-order valence-corrected chi connectivity index (χ2v) is 5.69. The van der Waals surface area contributed by atoms with E-state index in [1.807, 2.05) is 33.0 Å². The van der Waals surface area contributed by atoms with Gasteiger partial charge in [-0.3, -0.25) is 5.10 Å². The summed E-state index contributed by atoms with van der Waals surface area (Å²) in [5, 5.41) is 10.9. The highest BCUT2D eigenvalue weighted by molar-refractivity contribution is 7.99. The van der Waals surface area contributed by atoms with Gasteiger partial charge >= 0.3 is 0 Å². The summed E-state index contributed by atoms with van der Waals surface area (Å²) in [4.78, 5) is 4.11. The summed E-state index contributed by atoms with van der Waals surface area (Å²) in [5.74, 6) is 1.79. The molecule has 5 nitrogen and oxygen atoms in total. The molecule has 0 aliphatic heterocycles. The molecule has 6 heteroatoms. The average molecular weight is 292 g/mol. The van der Waals surface area contributed by atoms with Crippen LogP contribution in [0.15, 0.2) is 35.7 Å². The first-order valence-electron chi connectivity index (χ1n) is 6.61. The van der Waals surface area contributed by atoms with Crippen LogP contribution in [0.2, 0.25) is 0 Å². The number of ether oxygens (including phenoxy) is 1. The predicted molar refractivity (Wildman–Crippen MR) is 81.1 cm³/mol. The van der Waals surface area contributed by atoms with Crippen LogP contribution < -0.4 is 10.1 Å². The van der Waals surface area contributed by atoms with Crippen molar-refractivity contribution in [3.63, 3.8) is 0 Å². The standard InChI is InChI=1S/C14H20N4OS/c1-10(2)19-12-6-4-11(5-7-12)13(15-3)8-20-14-16-9-17-18-14/h4-7,9-10,13,15H,8H2,1-3H3,(H,16,17,18). The topological polar surface area (TPSA) is 62.8 Å². The van der Waals surface area contributed by atoms with Gasteiger partial charge in [-0.25, -0.2) is 4.98 Å². The lowest BCUT2D eigenvalue weighted by Crippen LogP contribution is -2.18. The van der Waals surface area contributed by atoms with Crippen molar-refractivity contribution < 1.29 is 4.74 Å². The van der Waals surface area contributed by atoms with Crippen LogP contribution in [-0.2, 0) is 0 Å². The van der Waals surface area contributed by atoms with E-state index in [0.717, 1.165) is 16.7 Å². The monoisotopic (exact) mass is 292 g/mol. The highest BCUT2D eigenvalue weighted by Crippen LogP contribution is 2.23. The Hall–Kier alpha value is -1.53. The Kier molecular flexibility index (Phi) is 5.43. The fourth-order valence-electron chi connectivity index (χ4n) is 1.82. The summed E-state index contributed by atoms with van der Waals surface area (Å²) >= 11 is 1.65. The smallest absolute Gasteiger partial charge is 0.183 e. The van der Waals surface area contributed by atoms with Gasteiger partial charge in [0.05, 0.1) is 6.10 Å². The number of hydrogen-bond acceptors (Lipinski definition) is 5. The van der Waals surface area contributed by atoms with Crippen LogP contribution >= 0.6 is 11.8 Å². The SMILES string of the molecule is CNC(CSc1ncn[nH]1)c1ccc(OC(C)C)cc1. The molecule has 1 aromatic heterocycles. The van der Waals surface area contributed by atoms with Crippen LogP contribution in [-0.4, -0.2) is 34.1 Å². The highest BCUT2D eigenvalue weighted by Gasteiger charge is 2.11. The largest absolute Gasteiger partial charge is 0.491 e. The van der Waals surface area contributed by atoms with Crippen LogP contribution in [0.4, 0.5) is 0 Å². The fraction of sp³-hybridized carbons (Fsp3) is 0.429. The molecular formula is C14H20N4OS. The lowest BCUT2D eigenvalue weighted by atomic mass is 10.1. The number of rotatable bonds is 7. The number of aromatic amines is 1. The van der Waals surface area contributed by atoms with E-state index >= 15 is 0 Å². The third-order valence-corrected chi connectivity index (χ3v) is 3.75. The number of benzene rings is 1. The van der Waals surface area contributed by atoms with E-state index in [0.29, 0.717) is 0 Å². The third-order valence-electron chi connectivity index (χ3n) is 2.78. The fourth-order valence-corrected chi connectivity index (χ4v) is 2.75. The number of nitrogens with zero attached hydrogens (tertiary/aromatic N) is 2. The summed E-state index contributed by atoms with van der Waals surface area (Å²) in [6, 6.07) is 8.48. The van der Waals surface area contributed by atoms with E-state index in [9.17, 15) is 0 Å². The minimum atomic E-state index is 0.197. The zero-order chi connectivity index (χ0) is 14.4. The van der Waals surface area contributed by atoms with Crippen molar-refractivity contribution in [3.8, 4) is 5.75 Å². The van der Waals surface area contributed by atoms with Gasteiger partial charge in [-0.2, -0.15) is 5.10 Å². The molecule has 0 bridgehead atoms. The third kappa shape index (κ3) is 4.25. The Bertz CT molecular complexity index is 498. The van der Waals surface area contributed by atoms with Crippen molar-refractivity contribution in [2.24, 2.45) is 0 Å². The molecule has 20 heavy (non-hydrogen) atoms. The Morgan fingerprint density at radius 3 is 2.60 bits per heavy atom. The van der Waals surface area contributed by atoms with Crippen LogP contribution in [0.5, 0.6) is 5.75 Å². The van der Waals surface area contributed by atoms with Crippen molar-refractivity contribution in [1.29, 1.82) is 0 Å². The summed E-state index contributed by atoms with van der Waals surface area (Å²) in [7, 11) is 1.96. The number of nitrogens with one attached hydrogen (secondary N) is 2. The molecule has 0 aliphatic carbocycles. The molecule has 108 valence electrons.